The second-order valence-corrected chi connectivity index (χ2v) is 8.21. The van der Waals surface area contributed by atoms with Crippen LogP contribution in [-0.4, -0.2) is 8.41 Å². The van der Waals surface area contributed by atoms with Crippen molar-refractivity contribution in [2.75, 3.05) is 0 Å². The van der Waals surface area contributed by atoms with Gasteiger partial charge in [0.25, 0.3) is 0 Å². The summed E-state index contributed by atoms with van der Waals surface area (Å²) in [6.45, 7) is 4.35. The minimum Gasteiger partial charge on any atom is -0.248 e. The highest BCUT2D eigenvalue weighted by Crippen LogP contribution is 2.32. The van der Waals surface area contributed by atoms with Crippen molar-refractivity contribution in [2.24, 2.45) is 0 Å². The number of hydrogen-bond acceptors (Lipinski definition) is 1. The predicted molar refractivity (Wildman–Crippen MR) is 98.6 cm³/mol. The Morgan fingerprint density at radius 3 is 2.43 bits per heavy atom. The van der Waals surface area contributed by atoms with Gasteiger partial charge in [0, 0.05) is 8.99 Å². The predicted octanol–water partition coefficient (Wildman–Crippen LogP) is 5.59. The van der Waals surface area contributed by atoms with Crippen LogP contribution in [0.5, 0.6) is 0 Å². The van der Waals surface area contributed by atoms with Crippen molar-refractivity contribution in [3.05, 3.63) is 72.0 Å². The van der Waals surface area contributed by atoms with E-state index in [0.29, 0.717) is 0 Å². The van der Waals surface area contributed by atoms with Gasteiger partial charge in [0.05, 0.1) is 11.4 Å². The van der Waals surface area contributed by atoms with E-state index in [1.165, 1.54) is 16.7 Å². The molecule has 2 heteroatoms. The average Bonchev–Trinajstić information content (AvgIpc) is 2.48. The minimum absolute atomic E-state index is 0.232. The molecule has 1 nitrogen and oxygen atoms in total. The van der Waals surface area contributed by atoms with Crippen LogP contribution in [0.4, 0.5) is 0 Å². The van der Waals surface area contributed by atoms with Crippen molar-refractivity contribution in [1.82, 2.24) is 4.98 Å². The first-order chi connectivity index (χ1) is 10.0. The molecule has 0 fully saturated rings. The number of halogens is 1. The summed E-state index contributed by atoms with van der Waals surface area (Å²) in [7, 11) is 0. The third-order valence-corrected chi connectivity index (χ3v) is 4.52. The summed E-state index contributed by atoms with van der Waals surface area (Å²) >= 11 is 2.49. The fraction of sp³-hybridized carbons (Fsp3) is 0.211. The van der Waals surface area contributed by atoms with Crippen LogP contribution < -0.4 is 0 Å². The SMILES string of the molecule is Cc1ccc(-c2cccc(C3=CC[C@](C)(I)C=C3)n2)cc1. The molecule has 3 rings (SSSR count). The molecule has 0 saturated carbocycles. The van der Waals surface area contributed by atoms with E-state index in [-0.39, 0.29) is 3.42 Å². The molecule has 0 amide bonds. The second-order valence-electron chi connectivity index (χ2n) is 5.75. The average molecular weight is 387 g/mol. The zero-order valence-electron chi connectivity index (χ0n) is 12.3. The Balaban J connectivity index is 1.93. The third-order valence-electron chi connectivity index (χ3n) is 3.72. The van der Waals surface area contributed by atoms with Gasteiger partial charge < -0.3 is 0 Å². The van der Waals surface area contributed by atoms with Gasteiger partial charge in [0.2, 0.25) is 0 Å². The number of aryl methyl sites for hydroxylation is 1. The lowest BCUT2D eigenvalue weighted by Gasteiger charge is -2.20. The molecule has 1 atom stereocenters. The highest BCUT2D eigenvalue weighted by molar-refractivity contribution is 14.1. The van der Waals surface area contributed by atoms with E-state index in [9.17, 15) is 0 Å². The van der Waals surface area contributed by atoms with E-state index >= 15 is 0 Å². The molecule has 2 aromatic rings. The molecule has 0 saturated heterocycles. The zero-order chi connectivity index (χ0) is 14.9. The van der Waals surface area contributed by atoms with Crippen LogP contribution >= 0.6 is 22.6 Å². The van der Waals surface area contributed by atoms with Gasteiger partial charge in [-0.05, 0) is 38.0 Å². The maximum atomic E-state index is 4.82. The quantitative estimate of drug-likeness (QED) is 0.483. The first-order valence-electron chi connectivity index (χ1n) is 7.16. The highest BCUT2D eigenvalue weighted by atomic mass is 127. The molecule has 1 aliphatic rings. The summed E-state index contributed by atoms with van der Waals surface area (Å²) in [6.07, 6.45) is 7.80. The molecule has 0 radical (unpaired) electrons. The Bertz CT molecular complexity index is 709. The van der Waals surface area contributed by atoms with Crippen molar-refractivity contribution in [2.45, 2.75) is 23.7 Å². The van der Waals surface area contributed by atoms with E-state index in [1.54, 1.807) is 0 Å². The molecule has 0 bridgehead atoms. The first-order valence-corrected chi connectivity index (χ1v) is 8.24. The summed E-state index contributed by atoms with van der Waals surface area (Å²) < 4.78 is 0.232. The minimum atomic E-state index is 0.232. The lowest BCUT2D eigenvalue weighted by molar-refractivity contribution is 0.838. The largest absolute Gasteiger partial charge is 0.248 e. The molecule has 21 heavy (non-hydrogen) atoms. The number of rotatable bonds is 2. The lowest BCUT2D eigenvalue weighted by Crippen LogP contribution is -2.12. The van der Waals surface area contributed by atoms with Crippen molar-refractivity contribution in [3.8, 4) is 11.3 Å². The Labute approximate surface area is 140 Å². The zero-order valence-corrected chi connectivity index (χ0v) is 14.5. The molecule has 0 unspecified atom stereocenters. The molecule has 1 aliphatic carbocycles. The van der Waals surface area contributed by atoms with E-state index in [1.807, 2.05) is 0 Å². The van der Waals surface area contributed by atoms with Crippen molar-refractivity contribution < 1.29 is 0 Å². The van der Waals surface area contributed by atoms with Crippen LogP contribution in [0.1, 0.15) is 24.6 Å². The highest BCUT2D eigenvalue weighted by Gasteiger charge is 2.18. The van der Waals surface area contributed by atoms with E-state index in [2.05, 4.69) is 97.1 Å². The monoisotopic (exact) mass is 387 g/mol. The van der Waals surface area contributed by atoms with Gasteiger partial charge in [-0.1, -0.05) is 76.7 Å². The summed E-state index contributed by atoms with van der Waals surface area (Å²) in [5, 5.41) is 0. The molecule has 0 aliphatic heterocycles. The second kappa shape index (κ2) is 5.76. The fourth-order valence-electron chi connectivity index (χ4n) is 2.38. The summed E-state index contributed by atoms with van der Waals surface area (Å²) in [5.74, 6) is 0. The Morgan fingerprint density at radius 1 is 1.05 bits per heavy atom. The Kier molecular flexibility index (Phi) is 3.98. The van der Waals surface area contributed by atoms with Crippen LogP contribution in [-0.2, 0) is 0 Å². The smallest absolute Gasteiger partial charge is 0.0709 e. The molecular formula is C19H18IN. The van der Waals surface area contributed by atoms with Crippen LogP contribution in [0.2, 0.25) is 0 Å². The maximum Gasteiger partial charge on any atom is 0.0709 e. The topological polar surface area (TPSA) is 12.9 Å². The number of allylic oxidation sites excluding steroid dienone is 4. The van der Waals surface area contributed by atoms with Gasteiger partial charge in [-0.15, -0.1) is 0 Å². The number of benzene rings is 1. The van der Waals surface area contributed by atoms with Crippen LogP contribution in [0.25, 0.3) is 16.8 Å². The van der Waals surface area contributed by atoms with E-state index in [0.717, 1.165) is 17.8 Å². The molecule has 1 aromatic heterocycles. The molecule has 1 heterocycles. The van der Waals surface area contributed by atoms with Crippen molar-refractivity contribution >= 4 is 28.2 Å². The lowest BCUT2D eigenvalue weighted by atomic mass is 9.96. The number of alkyl halides is 1. The Morgan fingerprint density at radius 2 is 1.76 bits per heavy atom. The molecular weight excluding hydrogens is 369 g/mol. The standard InChI is InChI=1S/C19H18IN/c1-14-6-8-15(9-7-14)17-4-3-5-18(21-17)16-10-12-19(2,20)13-11-16/h3-12H,13H2,1-2H3/t19-/m1/s1. The van der Waals surface area contributed by atoms with Crippen LogP contribution in [0.3, 0.4) is 0 Å². The molecule has 0 spiro atoms. The normalized spacial score (nSPS) is 21.2. The number of hydrogen-bond donors (Lipinski definition) is 0. The van der Waals surface area contributed by atoms with Gasteiger partial charge in [-0.3, -0.25) is 0 Å². The number of nitrogens with zero attached hydrogens (tertiary/aromatic N) is 1. The summed E-state index contributed by atoms with van der Waals surface area (Å²) in [6, 6.07) is 14.8. The number of aromatic nitrogens is 1. The maximum absolute atomic E-state index is 4.82. The first kappa shape index (κ1) is 14.5. The van der Waals surface area contributed by atoms with Crippen LogP contribution in [0.15, 0.2) is 60.7 Å². The van der Waals surface area contributed by atoms with Crippen LogP contribution in [0, 0.1) is 6.92 Å². The Hall–Kier alpha value is -1.42. The fourth-order valence-corrected chi connectivity index (χ4v) is 2.78. The van der Waals surface area contributed by atoms with Crippen molar-refractivity contribution in [1.29, 1.82) is 0 Å². The van der Waals surface area contributed by atoms with Gasteiger partial charge in [-0.2, -0.15) is 0 Å². The van der Waals surface area contributed by atoms with E-state index < -0.39 is 0 Å². The van der Waals surface area contributed by atoms with Crippen molar-refractivity contribution in [3.63, 3.8) is 0 Å². The molecule has 1 aromatic carbocycles. The van der Waals surface area contributed by atoms with Gasteiger partial charge in [0.1, 0.15) is 0 Å². The number of pyridine rings is 1. The molecule has 106 valence electrons. The summed E-state index contributed by atoms with van der Waals surface area (Å²) in [5.41, 5.74) is 5.75. The van der Waals surface area contributed by atoms with E-state index in [4.69, 9.17) is 4.98 Å². The van der Waals surface area contributed by atoms with Gasteiger partial charge >= 0.3 is 0 Å². The summed E-state index contributed by atoms with van der Waals surface area (Å²) in [4.78, 5) is 4.82. The third kappa shape index (κ3) is 3.43. The van der Waals surface area contributed by atoms with Gasteiger partial charge in [0.15, 0.2) is 0 Å². The molecule has 0 N–H and O–H groups in total. The van der Waals surface area contributed by atoms with Gasteiger partial charge in [-0.25, -0.2) is 4.98 Å².